The van der Waals surface area contributed by atoms with Gasteiger partial charge in [-0.1, -0.05) is 60.7 Å². The summed E-state index contributed by atoms with van der Waals surface area (Å²) in [5, 5.41) is 6.36. The van der Waals surface area contributed by atoms with Crippen LogP contribution in [-0.2, 0) is 0 Å². The molecule has 0 aromatic heterocycles. The predicted molar refractivity (Wildman–Crippen MR) is 83.8 cm³/mol. The van der Waals surface area contributed by atoms with E-state index in [1.807, 2.05) is 36.4 Å². The fourth-order valence-electron chi connectivity index (χ4n) is 1.94. The molecule has 2 aromatic carbocycles. The van der Waals surface area contributed by atoms with Crippen LogP contribution in [0.1, 0.15) is 37.1 Å². The van der Waals surface area contributed by atoms with Crippen LogP contribution < -0.4 is 10.6 Å². The lowest BCUT2D eigenvalue weighted by Crippen LogP contribution is -2.16. The van der Waals surface area contributed by atoms with Crippen molar-refractivity contribution in [3.63, 3.8) is 0 Å². The quantitative estimate of drug-likeness (QED) is 0.651. The van der Waals surface area contributed by atoms with Gasteiger partial charge < -0.3 is 10.6 Å². The Balaban J connectivity index is 1.83. The maximum Gasteiger partial charge on any atom is 0.0562 e. The summed E-state index contributed by atoms with van der Waals surface area (Å²) < 4.78 is 0. The summed E-state index contributed by atoms with van der Waals surface area (Å²) in [7, 11) is 0. The van der Waals surface area contributed by atoms with Crippen molar-refractivity contribution in [1.29, 1.82) is 0 Å². The SMILES string of the molecule is C[C@H](NC#CN[C@@H](C)c1ccccc1)c1ccccc1. The summed E-state index contributed by atoms with van der Waals surface area (Å²) in [5.41, 5.74) is 2.47. The van der Waals surface area contributed by atoms with Crippen molar-refractivity contribution in [3.05, 3.63) is 71.8 Å². The number of rotatable bonds is 4. The lowest BCUT2D eigenvalue weighted by Gasteiger charge is -2.11. The molecule has 0 heterocycles. The van der Waals surface area contributed by atoms with Gasteiger partial charge in [0.25, 0.3) is 0 Å². The summed E-state index contributed by atoms with van der Waals surface area (Å²) >= 11 is 0. The Morgan fingerprint density at radius 2 is 1.00 bits per heavy atom. The first-order valence-electron chi connectivity index (χ1n) is 6.88. The summed E-state index contributed by atoms with van der Waals surface area (Å²) in [5.74, 6) is 0. The zero-order valence-electron chi connectivity index (χ0n) is 11.9. The standard InChI is InChI=1S/C18H20N2/c1-15(17-9-5-3-6-10-17)19-13-14-20-16(2)18-11-7-4-8-12-18/h3-12,15-16,19-20H,1-2H3/t15-,16-/m0/s1. The van der Waals surface area contributed by atoms with Crippen LogP contribution in [0.4, 0.5) is 0 Å². The minimum Gasteiger partial charge on any atom is -0.337 e. The molecule has 0 bridgehead atoms. The second-order valence-electron chi connectivity index (χ2n) is 4.80. The molecule has 2 heteroatoms. The number of hydrogen-bond acceptors (Lipinski definition) is 2. The molecule has 0 aliphatic carbocycles. The van der Waals surface area contributed by atoms with Crippen molar-refractivity contribution < 1.29 is 0 Å². The van der Waals surface area contributed by atoms with E-state index in [4.69, 9.17) is 0 Å². The first-order chi connectivity index (χ1) is 9.77. The Morgan fingerprint density at radius 1 is 0.650 bits per heavy atom. The van der Waals surface area contributed by atoms with Crippen LogP contribution in [0.2, 0.25) is 0 Å². The van der Waals surface area contributed by atoms with Gasteiger partial charge in [-0.05, 0) is 25.0 Å². The van der Waals surface area contributed by atoms with Gasteiger partial charge in [-0.2, -0.15) is 0 Å². The van der Waals surface area contributed by atoms with Gasteiger partial charge in [-0.15, -0.1) is 0 Å². The van der Waals surface area contributed by atoms with Crippen molar-refractivity contribution in [1.82, 2.24) is 10.6 Å². The van der Waals surface area contributed by atoms with Crippen molar-refractivity contribution >= 4 is 0 Å². The lowest BCUT2D eigenvalue weighted by atomic mass is 10.1. The molecule has 20 heavy (non-hydrogen) atoms. The predicted octanol–water partition coefficient (Wildman–Crippen LogP) is 3.61. The van der Waals surface area contributed by atoms with E-state index in [1.54, 1.807) is 0 Å². The molecule has 2 aromatic rings. The second kappa shape index (κ2) is 7.25. The molecule has 0 spiro atoms. The molecule has 2 atom stereocenters. The average Bonchev–Trinajstić information content (AvgIpc) is 2.53. The van der Waals surface area contributed by atoms with Crippen LogP contribution >= 0.6 is 0 Å². The van der Waals surface area contributed by atoms with Gasteiger partial charge in [-0.25, -0.2) is 0 Å². The van der Waals surface area contributed by atoms with Gasteiger partial charge in [-0.3, -0.25) is 0 Å². The van der Waals surface area contributed by atoms with Crippen molar-refractivity contribution in [3.8, 4) is 12.1 Å². The molecule has 102 valence electrons. The molecule has 2 rings (SSSR count). The van der Waals surface area contributed by atoms with E-state index in [0.29, 0.717) is 0 Å². The molecule has 0 saturated carbocycles. The van der Waals surface area contributed by atoms with Gasteiger partial charge >= 0.3 is 0 Å². The monoisotopic (exact) mass is 264 g/mol. The van der Waals surface area contributed by atoms with Gasteiger partial charge in [0.2, 0.25) is 0 Å². The van der Waals surface area contributed by atoms with Crippen LogP contribution in [0.3, 0.4) is 0 Å². The molecule has 2 nitrogen and oxygen atoms in total. The number of nitrogens with one attached hydrogen (secondary N) is 2. The van der Waals surface area contributed by atoms with Crippen LogP contribution in [-0.4, -0.2) is 0 Å². The number of hydrogen-bond donors (Lipinski definition) is 2. The fourth-order valence-corrected chi connectivity index (χ4v) is 1.94. The summed E-state index contributed by atoms with van der Waals surface area (Å²) in [6, 6.07) is 27.0. The van der Waals surface area contributed by atoms with Crippen molar-refractivity contribution in [2.45, 2.75) is 25.9 Å². The average molecular weight is 264 g/mol. The third-order valence-corrected chi connectivity index (χ3v) is 3.24. The molecule has 0 fully saturated rings. The Hall–Kier alpha value is -2.40. The zero-order valence-corrected chi connectivity index (χ0v) is 11.9. The molecule has 0 radical (unpaired) electrons. The smallest absolute Gasteiger partial charge is 0.0562 e. The van der Waals surface area contributed by atoms with E-state index >= 15 is 0 Å². The van der Waals surface area contributed by atoms with E-state index in [0.717, 1.165) is 0 Å². The molecule has 0 aliphatic heterocycles. The second-order valence-corrected chi connectivity index (χ2v) is 4.80. The van der Waals surface area contributed by atoms with Gasteiger partial charge in [0.05, 0.1) is 12.1 Å². The van der Waals surface area contributed by atoms with E-state index in [9.17, 15) is 0 Å². The molecule has 2 N–H and O–H groups in total. The Morgan fingerprint density at radius 3 is 1.35 bits per heavy atom. The molecule has 0 aliphatic rings. The van der Waals surface area contributed by atoms with Crippen LogP contribution in [0.5, 0.6) is 0 Å². The zero-order chi connectivity index (χ0) is 14.2. The fraction of sp³-hybridized carbons (Fsp3) is 0.222. The van der Waals surface area contributed by atoms with Crippen molar-refractivity contribution in [2.75, 3.05) is 0 Å². The van der Waals surface area contributed by atoms with Crippen LogP contribution in [0.25, 0.3) is 0 Å². The summed E-state index contributed by atoms with van der Waals surface area (Å²) in [6.45, 7) is 4.20. The normalized spacial score (nSPS) is 12.7. The molecular formula is C18H20N2. The third-order valence-electron chi connectivity index (χ3n) is 3.24. The highest BCUT2D eigenvalue weighted by Crippen LogP contribution is 2.11. The molecule has 0 saturated heterocycles. The minimum absolute atomic E-state index is 0.220. The lowest BCUT2D eigenvalue weighted by molar-refractivity contribution is 0.686. The van der Waals surface area contributed by atoms with E-state index in [2.05, 4.69) is 60.8 Å². The Bertz CT molecular complexity index is 515. The van der Waals surface area contributed by atoms with Crippen molar-refractivity contribution in [2.24, 2.45) is 0 Å². The highest BCUT2D eigenvalue weighted by atomic mass is 14.9. The topological polar surface area (TPSA) is 24.1 Å². The van der Waals surface area contributed by atoms with Gasteiger partial charge in [0.1, 0.15) is 0 Å². The first-order valence-corrected chi connectivity index (χ1v) is 6.88. The maximum absolute atomic E-state index is 3.18. The number of benzene rings is 2. The third kappa shape index (κ3) is 4.07. The highest BCUT2D eigenvalue weighted by Gasteiger charge is 2.02. The van der Waals surface area contributed by atoms with Gasteiger partial charge in [0, 0.05) is 12.1 Å². The van der Waals surface area contributed by atoms with Gasteiger partial charge in [0.15, 0.2) is 0 Å². The Labute approximate surface area is 121 Å². The van der Waals surface area contributed by atoms with Crippen LogP contribution in [0, 0.1) is 12.1 Å². The van der Waals surface area contributed by atoms with Crippen LogP contribution in [0.15, 0.2) is 60.7 Å². The Kier molecular flexibility index (Phi) is 5.08. The largest absolute Gasteiger partial charge is 0.337 e. The summed E-state index contributed by atoms with van der Waals surface area (Å²) in [6.07, 6.45) is 0. The first kappa shape index (κ1) is 14.0. The van der Waals surface area contributed by atoms with E-state index < -0.39 is 0 Å². The summed E-state index contributed by atoms with van der Waals surface area (Å²) in [4.78, 5) is 0. The van der Waals surface area contributed by atoms with E-state index in [-0.39, 0.29) is 12.1 Å². The molecule has 0 unspecified atom stereocenters. The van der Waals surface area contributed by atoms with E-state index in [1.165, 1.54) is 11.1 Å². The molecule has 0 amide bonds. The molecular weight excluding hydrogens is 244 g/mol. The maximum atomic E-state index is 3.18. The minimum atomic E-state index is 0.220. The highest BCUT2D eigenvalue weighted by molar-refractivity contribution is 5.21.